The van der Waals surface area contributed by atoms with Crippen molar-refractivity contribution >= 4 is 132 Å². The molecule has 4 aromatic carbocycles. The number of rotatable bonds is 37. The summed E-state index contributed by atoms with van der Waals surface area (Å²) in [5.41, 5.74) is 4.66. The Labute approximate surface area is 783 Å². The zero-order chi connectivity index (χ0) is 90.7. The molecule has 27 heteroatoms. The van der Waals surface area contributed by atoms with E-state index in [-0.39, 0.29) is 151 Å². The van der Waals surface area contributed by atoms with Crippen LogP contribution in [0, 0.1) is 0 Å². The van der Waals surface area contributed by atoms with Crippen molar-refractivity contribution in [3.05, 3.63) is 229 Å². The van der Waals surface area contributed by atoms with Gasteiger partial charge in [-0.3, -0.25) is 58.0 Å². The lowest BCUT2D eigenvalue weighted by Gasteiger charge is -2.44. The van der Waals surface area contributed by atoms with Crippen LogP contribution in [0.2, 0.25) is 10.0 Å². The molecule has 4 heterocycles. The minimum atomic E-state index is -0.142. The number of aryl methyl sites for hydroxylation is 1. The summed E-state index contributed by atoms with van der Waals surface area (Å²) in [6.07, 6.45) is 20.9. The third-order valence-electron chi connectivity index (χ3n) is 25.8. The maximum Gasteiger partial charge on any atom is 0.223 e. The number of amides is 8. The first-order chi connectivity index (χ1) is 60.5. The van der Waals surface area contributed by atoms with Gasteiger partial charge >= 0.3 is 0 Å². The molecule has 4 aliphatic rings. The first-order valence-electron chi connectivity index (χ1n) is 44.9. The van der Waals surface area contributed by atoms with Crippen LogP contribution >= 0.6 is 84.5 Å². The Balaban J connectivity index is 0.000000190. The van der Waals surface area contributed by atoms with Gasteiger partial charge < -0.3 is 42.1 Å². The molecule has 1 atom stereocenters. The Morgan fingerprint density at radius 2 is 0.698 bits per heavy atom. The normalized spacial score (nSPS) is 21.2. The lowest BCUT2D eigenvalue weighted by molar-refractivity contribution is -0.134. The summed E-state index contributed by atoms with van der Waals surface area (Å²) in [7, 11) is 17.2. The Morgan fingerprint density at radius 1 is 0.381 bits per heavy atom. The predicted octanol–water partition coefficient (Wildman–Crippen LogP) is 18.3. The van der Waals surface area contributed by atoms with Crippen molar-refractivity contribution in [2.45, 2.75) is 253 Å². The number of halogens is 3. The fourth-order valence-corrected chi connectivity index (χ4v) is 23.1. The molecule has 0 bridgehead atoms. The highest BCUT2D eigenvalue weighted by Crippen LogP contribution is 2.47. The maximum atomic E-state index is 12.6. The van der Waals surface area contributed by atoms with E-state index in [9.17, 15) is 38.4 Å². The molecule has 4 fully saturated rings. The molecule has 0 saturated heterocycles. The second kappa shape index (κ2) is 51.7. The van der Waals surface area contributed by atoms with Gasteiger partial charge in [-0.2, -0.15) is 0 Å². The van der Waals surface area contributed by atoms with Crippen molar-refractivity contribution in [1.82, 2.24) is 61.7 Å². The third-order valence-corrected chi connectivity index (χ3v) is 31.3. The van der Waals surface area contributed by atoms with Crippen LogP contribution < -0.4 is 37.2 Å². The van der Waals surface area contributed by atoms with E-state index >= 15 is 0 Å². The second-order valence-corrected chi connectivity index (χ2v) is 40.4. The van der Waals surface area contributed by atoms with E-state index in [2.05, 4.69) is 211 Å². The number of thiophene rings is 4. The Bertz CT molecular complexity index is 4570. The van der Waals surface area contributed by atoms with E-state index < -0.39 is 0 Å². The van der Waals surface area contributed by atoms with Gasteiger partial charge in [-0.05, 0) is 291 Å². The first kappa shape index (κ1) is 102. The Morgan fingerprint density at radius 3 is 1.03 bits per heavy atom. The molecule has 8 amide bonds. The van der Waals surface area contributed by atoms with Crippen molar-refractivity contribution in [3.8, 4) is 0 Å². The van der Waals surface area contributed by atoms with E-state index in [1.807, 2.05) is 126 Å². The molecule has 4 aliphatic carbocycles. The van der Waals surface area contributed by atoms with Gasteiger partial charge in [0.05, 0.1) is 22.2 Å². The van der Waals surface area contributed by atoms with Gasteiger partial charge in [0.2, 0.25) is 47.3 Å². The number of hydrogen-bond donors (Lipinski definition) is 7. The van der Waals surface area contributed by atoms with Gasteiger partial charge in [0, 0.05) is 142 Å². The van der Waals surface area contributed by atoms with Crippen LogP contribution in [0.5, 0.6) is 0 Å². The zero-order valence-electron chi connectivity index (χ0n) is 75.5. The van der Waals surface area contributed by atoms with E-state index in [0.717, 1.165) is 138 Å². The van der Waals surface area contributed by atoms with Gasteiger partial charge in [0.25, 0.3) is 0 Å². The third kappa shape index (κ3) is 31.0. The molecule has 0 spiro atoms. The Hall–Kier alpha value is -7.66. The highest BCUT2D eigenvalue weighted by atomic mass is 79.9. The van der Waals surface area contributed by atoms with Gasteiger partial charge in [-0.15, -0.1) is 45.3 Å². The van der Waals surface area contributed by atoms with Crippen LogP contribution in [0.4, 0.5) is 0 Å². The standard InChI is InChI=1S/C26H37N3O2S.C25H35N3O2S.C24H32BrN3O2S.C24H31Cl2N3O2S/c1-20(11-12-21-8-5-4-6-9-21)27-24(30)13-14-25(31)28-22-15-17-26(18-16-22,29(2)3)23-10-7-19-32-23;1-4-28(19-20-9-6-5-7-10-20)24(30)13-12-23(29)26-21-14-16-25(17-15-21,27(2)3)22-11-8-18-31-22;1-28(2)24(21-4-3-17-31-21)14-11-20(12-15-24)27-23(30)10-9-22(29)26-16-13-18-5-7-19(25)8-6-18;1-29(2)24(21-7-4-16-32-21)13-10-17(11-14-24)28-23(31)9-8-22(30)27-15-12-18-19(25)5-3-6-20(18)26/h4-10,19-20,22H,11-18H2,1-3H3,(H,27,30)(H,28,31);5-11,18,21H,4,12-17,19H2,1-3H3,(H,26,29);3-8,17,20H,9-16H2,1-2H3,(H,26,29)(H,27,30);3-7,16-17H,8-15H2,1-2H3,(H,27,30)(H,28,31). The van der Waals surface area contributed by atoms with Crippen molar-refractivity contribution in [2.24, 2.45) is 0 Å². The molecule has 126 heavy (non-hydrogen) atoms. The average Bonchev–Trinajstić information content (AvgIpc) is 1.70. The number of benzene rings is 4. The summed E-state index contributed by atoms with van der Waals surface area (Å²) in [6, 6.07) is 51.9. The number of carbonyl (C=O) groups excluding carboxylic acids is 8. The van der Waals surface area contributed by atoms with Gasteiger partial charge in [0.1, 0.15) is 0 Å². The van der Waals surface area contributed by atoms with Crippen molar-refractivity contribution in [1.29, 1.82) is 0 Å². The predicted molar refractivity (Wildman–Crippen MR) is 521 cm³/mol. The van der Waals surface area contributed by atoms with Crippen LogP contribution in [0.25, 0.3) is 0 Å². The smallest absolute Gasteiger partial charge is 0.223 e. The summed E-state index contributed by atoms with van der Waals surface area (Å²) in [5, 5.41) is 31.1. The van der Waals surface area contributed by atoms with Gasteiger partial charge in [-0.25, -0.2) is 0 Å². The van der Waals surface area contributed by atoms with Gasteiger partial charge in [0.15, 0.2) is 0 Å². The highest BCUT2D eigenvalue weighted by Gasteiger charge is 2.44. The molecule has 0 aliphatic heterocycles. The minimum absolute atomic E-state index is 0.0115. The topological polar surface area (TPSA) is 237 Å². The SMILES string of the molecule is CC(CCc1ccccc1)NC(=O)CCC(=O)NC1CCC(c2cccs2)(N(C)C)CC1.CCN(Cc1ccccc1)C(=O)CCC(=O)NC1CCC(c2cccs2)(N(C)C)CC1.CN(C)C1(c2cccs2)CCC(NC(=O)CCC(=O)NCCc2c(Cl)cccc2Cl)CC1.CN(C)C1(c2cccs2)CCC(NC(=O)CCC(=O)NCCc2ccc(Br)cc2)CC1. The fourth-order valence-electron chi connectivity index (χ4n) is 17.9. The lowest BCUT2D eigenvalue weighted by Crippen LogP contribution is -2.48. The van der Waals surface area contributed by atoms with Crippen molar-refractivity contribution in [3.63, 3.8) is 0 Å². The van der Waals surface area contributed by atoms with Crippen molar-refractivity contribution in [2.75, 3.05) is 76.0 Å². The molecule has 12 rings (SSSR count). The second-order valence-electron chi connectivity index (χ2n) is 34.9. The summed E-state index contributed by atoms with van der Waals surface area (Å²) in [6.45, 7) is 6.26. The first-order valence-corrected chi connectivity index (χ1v) is 50.0. The number of hydrogen-bond acceptors (Lipinski definition) is 16. The van der Waals surface area contributed by atoms with Crippen LogP contribution in [0.15, 0.2) is 178 Å². The highest BCUT2D eigenvalue weighted by molar-refractivity contribution is 9.10. The molecular formula is C99H135BrCl2N12O8S4. The van der Waals surface area contributed by atoms with Crippen LogP contribution in [-0.2, 0) is 86.3 Å². The van der Waals surface area contributed by atoms with Crippen LogP contribution in [0.1, 0.15) is 216 Å². The zero-order valence-corrected chi connectivity index (χ0v) is 81.9. The lowest BCUT2D eigenvalue weighted by atomic mass is 9.77. The minimum Gasteiger partial charge on any atom is -0.356 e. The van der Waals surface area contributed by atoms with E-state index in [0.29, 0.717) is 42.6 Å². The van der Waals surface area contributed by atoms with Gasteiger partial charge in [-0.1, -0.05) is 142 Å². The average molecular weight is 1900 g/mol. The van der Waals surface area contributed by atoms with E-state index in [1.54, 1.807) is 29.5 Å². The van der Waals surface area contributed by atoms with E-state index in [4.69, 9.17) is 23.2 Å². The van der Waals surface area contributed by atoms with Crippen LogP contribution in [0.3, 0.4) is 0 Å². The molecule has 7 N–H and O–H groups in total. The molecular weight excluding hydrogens is 1760 g/mol. The molecule has 20 nitrogen and oxygen atoms in total. The molecule has 0 radical (unpaired) electrons. The molecule has 684 valence electrons. The molecule has 4 aromatic heterocycles. The fraction of sp³-hybridized carbons (Fsp3) is 0.515. The monoisotopic (exact) mass is 1900 g/mol. The Kier molecular flexibility index (Phi) is 41.9. The number of nitrogens with zero attached hydrogens (tertiary/aromatic N) is 5. The largest absolute Gasteiger partial charge is 0.356 e. The maximum absolute atomic E-state index is 12.6. The molecule has 8 aromatic rings. The summed E-state index contributed by atoms with van der Waals surface area (Å²) in [4.78, 5) is 116. The quantitative estimate of drug-likeness (QED) is 0.0193. The summed E-state index contributed by atoms with van der Waals surface area (Å²) >= 11 is 23.0. The molecule has 1 unspecified atom stereocenters. The van der Waals surface area contributed by atoms with E-state index in [1.165, 1.54) is 30.6 Å². The number of nitrogens with one attached hydrogen (secondary N) is 7. The van der Waals surface area contributed by atoms with Crippen LogP contribution in [-0.4, -0.2) is 178 Å². The van der Waals surface area contributed by atoms with Crippen molar-refractivity contribution < 1.29 is 38.4 Å². The summed E-state index contributed by atoms with van der Waals surface area (Å²) < 4.78 is 1.04. The molecule has 4 saturated carbocycles. The number of carbonyl (C=O) groups is 8. The summed E-state index contributed by atoms with van der Waals surface area (Å²) in [5.74, 6) is -0.341.